The molecule has 0 spiro atoms. The number of ether oxygens (including phenoxy) is 1. The summed E-state index contributed by atoms with van der Waals surface area (Å²) < 4.78 is 6.82. The van der Waals surface area contributed by atoms with Crippen LogP contribution in [0.1, 0.15) is 19.5 Å². The molecule has 0 bridgehead atoms. The number of anilines is 1. The van der Waals surface area contributed by atoms with Gasteiger partial charge in [0.25, 0.3) is 0 Å². The van der Waals surface area contributed by atoms with Gasteiger partial charge in [0.15, 0.2) is 0 Å². The lowest BCUT2D eigenvalue weighted by Gasteiger charge is -2.36. The molecule has 5 heteroatoms. The summed E-state index contributed by atoms with van der Waals surface area (Å²) in [5.74, 6) is 1.03. The Balaban J connectivity index is 1.88. The SMILES string of the molecule is Cc1nc(N(C)CCN2C[C@@H](C)O[C@@H](C)C2)ccc1Br. The molecule has 0 aromatic carbocycles. The zero-order valence-corrected chi connectivity index (χ0v) is 14.4. The first-order valence-electron chi connectivity index (χ1n) is 7.18. The predicted molar refractivity (Wildman–Crippen MR) is 86.4 cm³/mol. The van der Waals surface area contributed by atoms with E-state index in [0.29, 0.717) is 12.2 Å². The smallest absolute Gasteiger partial charge is 0.128 e. The van der Waals surface area contributed by atoms with Gasteiger partial charge in [0.05, 0.1) is 17.9 Å². The highest BCUT2D eigenvalue weighted by molar-refractivity contribution is 9.10. The standard InChI is InChI=1S/C15H24BrN3O/c1-11-9-19(10-12(2)20-11)8-7-18(4)15-6-5-14(16)13(3)17-15/h5-6,11-12H,7-10H2,1-4H3/t11-,12+. The van der Waals surface area contributed by atoms with Crippen LogP contribution < -0.4 is 4.90 Å². The Morgan fingerprint density at radius 2 is 2.00 bits per heavy atom. The predicted octanol–water partition coefficient (Wildman–Crippen LogP) is 2.70. The van der Waals surface area contributed by atoms with Crippen molar-refractivity contribution in [3.8, 4) is 0 Å². The maximum Gasteiger partial charge on any atom is 0.128 e. The van der Waals surface area contributed by atoms with Gasteiger partial charge < -0.3 is 9.64 Å². The molecule has 0 saturated carbocycles. The molecule has 1 aromatic heterocycles. The molecule has 1 fully saturated rings. The van der Waals surface area contributed by atoms with Crippen molar-refractivity contribution in [3.05, 3.63) is 22.3 Å². The number of nitrogens with zero attached hydrogens (tertiary/aromatic N) is 3. The zero-order chi connectivity index (χ0) is 14.7. The van der Waals surface area contributed by atoms with Gasteiger partial charge in [-0.15, -0.1) is 0 Å². The maximum atomic E-state index is 5.76. The first kappa shape index (κ1) is 15.7. The molecule has 1 aromatic rings. The zero-order valence-electron chi connectivity index (χ0n) is 12.8. The third kappa shape index (κ3) is 4.17. The lowest BCUT2D eigenvalue weighted by Crippen LogP contribution is -2.47. The van der Waals surface area contributed by atoms with Gasteiger partial charge in [-0.2, -0.15) is 0 Å². The van der Waals surface area contributed by atoms with E-state index >= 15 is 0 Å². The number of aromatic nitrogens is 1. The molecule has 2 rings (SSSR count). The Morgan fingerprint density at radius 3 is 2.60 bits per heavy atom. The van der Waals surface area contributed by atoms with Gasteiger partial charge in [0, 0.05) is 37.7 Å². The van der Waals surface area contributed by atoms with Crippen LogP contribution in [0.4, 0.5) is 5.82 Å². The first-order chi connectivity index (χ1) is 9.45. The molecule has 1 aliphatic rings. The normalized spacial score (nSPS) is 23.9. The van der Waals surface area contributed by atoms with Crippen LogP contribution in [0.25, 0.3) is 0 Å². The Morgan fingerprint density at radius 1 is 1.35 bits per heavy atom. The highest BCUT2D eigenvalue weighted by Gasteiger charge is 2.22. The van der Waals surface area contributed by atoms with E-state index in [1.54, 1.807) is 0 Å². The number of pyridine rings is 1. The lowest BCUT2D eigenvalue weighted by molar-refractivity contribution is -0.0670. The summed E-state index contributed by atoms with van der Waals surface area (Å²) in [5.41, 5.74) is 1.03. The Labute approximate surface area is 130 Å². The van der Waals surface area contributed by atoms with Gasteiger partial charge in [-0.25, -0.2) is 4.98 Å². The molecule has 2 atom stereocenters. The van der Waals surface area contributed by atoms with E-state index in [1.165, 1.54) is 0 Å². The fourth-order valence-corrected chi connectivity index (χ4v) is 2.84. The van der Waals surface area contributed by atoms with E-state index in [9.17, 15) is 0 Å². The van der Waals surface area contributed by atoms with Gasteiger partial charge in [-0.05, 0) is 48.8 Å². The Bertz CT molecular complexity index is 445. The highest BCUT2D eigenvalue weighted by Crippen LogP contribution is 2.18. The molecule has 0 unspecified atom stereocenters. The van der Waals surface area contributed by atoms with Crippen molar-refractivity contribution in [1.82, 2.24) is 9.88 Å². The fraction of sp³-hybridized carbons (Fsp3) is 0.667. The summed E-state index contributed by atoms with van der Waals surface area (Å²) in [6.45, 7) is 10.4. The minimum absolute atomic E-state index is 0.331. The molecule has 0 radical (unpaired) electrons. The van der Waals surface area contributed by atoms with Crippen LogP contribution in [0.15, 0.2) is 16.6 Å². The third-order valence-electron chi connectivity index (χ3n) is 3.64. The summed E-state index contributed by atoms with van der Waals surface area (Å²) in [7, 11) is 2.10. The van der Waals surface area contributed by atoms with E-state index < -0.39 is 0 Å². The second kappa shape index (κ2) is 6.87. The van der Waals surface area contributed by atoms with Crippen molar-refractivity contribution in [2.24, 2.45) is 0 Å². The van der Waals surface area contributed by atoms with Crippen molar-refractivity contribution in [2.75, 3.05) is 38.1 Å². The molecular weight excluding hydrogens is 318 g/mol. The average Bonchev–Trinajstić information content (AvgIpc) is 2.38. The largest absolute Gasteiger partial charge is 0.373 e. The third-order valence-corrected chi connectivity index (χ3v) is 4.48. The van der Waals surface area contributed by atoms with Crippen LogP contribution in [0, 0.1) is 6.92 Å². The molecule has 4 nitrogen and oxygen atoms in total. The summed E-state index contributed by atoms with van der Waals surface area (Å²) >= 11 is 3.49. The summed E-state index contributed by atoms with van der Waals surface area (Å²) in [4.78, 5) is 9.29. The minimum Gasteiger partial charge on any atom is -0.373 e. The van der Waals surface area contributed by atoms with Crippen molar-refractivity contribution in [3.63, 3.8) is 0 Å². The van der Waals surface area contributed by atoms with Gasteiger partial charge in [0.1, 0.15) is 5.82 Å². The Hall–Kier alpha value is -0.650. The number of morpholine rings is 1. The van der Waals surface area contributed by atoms with Crippen molar-refractivity contribution < 1.29 is 4.74 Å². The van der Waals surface area contributed by atoms with Crippen molar-refractivity contribution in [1.29, 1.82) is 0 Å². The Kier molecular flexibility index (Phi) is 5.41. The summed E-state index contributed by atoms with van der Waals surface area (Å²) in [6.07, 6.45) is 0.661. The first-order valence-corrected chi connectivity index (χ1v) is 7.97. The maximum absolute atomic E-state index is 5.76. The molecular formula is C15H24BrN3O. The molecule has 0 aliphatic carbocycles. The second-order valence-electron chi connectivity index (χ2n) is 5.68. The quantitative estimate of drug-likeness (QED) is 0.841. The van der Waals surface area contributed by atoms with E-state index in [4.69, 9.17) is 4.74 Å². The number of aryl methyl sites for hydroxylation is 1. The van der Waals surface area contributed by atoms with Crippen LogP contribution in [-0.2, 0) is 4.74 Å². The topological polar surface area (TPSA) is 28.6 Å². The summed E-state index contributed by atoms with van der Waals surface area (Å²) in [5, 5.41) is 0. The van der Waals surface area contributed by atoms with Gasteiger partial charge in [-0.3, -0.25) is 4.90 Å². The monoisotopic (exact) mass is 341 g/mol. The number of halogens is 1. The number of hydrogen-bond acceptors (Lipinski definition) is 4. The van der Waals surface area contributed by atoms with Crippen molar-refractivity contribution >= 4 is 21.7 Å². The number of hydrogen-bond donors (Lipinski definition) is 0. The fourth-order valence-electron chi connectivity index (χ4n) is 2.62. The highest BCUT2D eigenvalue weighted by atomic mass is 79.9. The van der Waals surface area contributed by atoms with Gasteiger partial charge in [-0.1, -0.05) is 0 Å². The van der Waals surface area contributed by atoms with Crippen LogP contribution in [0.5, 0.6) is 0 Å². The molecule has 0 N–H and O–H groups in total. The van der Waals surface area contributed by atoms with E-state index in [1.807, 2.05) is 6.92 Å². The lowest BCUT2D eigenvalue weighted by atomic mass is 10.2. The van der Waals surface area contributed by atoms with Crippen LogP contribution in [0.3, 0.4) is 0 Å². The second-order valence-corrected chi connectivity index (χ2v) is 6.53. The average molecular weight is 342 g/mol. The van der Waals surface area contributed by atoms with Crippen LogP contribution >= 0.6 is 15.9 Å². The molecule has 20 heavy (non-hydrogen) atoms. The van der Waals surface area contributed by atoms with Gasteiger partial charge in [0.2, 0.25) is 0 Å². The van der Waals surface area contributed by atoms with E-state index in [2.05, 4.69) is 63.7 Å². The molecule has 1 saturated heterocycles. The van der Waals surface area contributed by atoms with Gasteiger partial charge >= 0.3 is 0 Å². The number of rotatable bonds is 4. The minimum atomic E-state index is 0.331. The van der Waals surface area contributed by atoms with E-state index in [0.717, 1.165) is 42.2 Å². The molecule has 1 aliphatic heterocycles. The van der Waals surface area contributed by atoms with Crippen LogP contribution in [0.2, 0.25) is 0 Å². The summed E-state index contributed by atoms with van der Waals surface area (Å²) in [6, 6.07) is 4.12. The van der Waals surface area contributed by atoms with Crippen LogP contribution in [-0.4, -0.2) is 55.3 Å². The molecule has 112 valence electrons. The molecule has 0 amide bonds. The van der Waals surface area contributed by atoms with E-state index in [-0.39, 0.29) is 0 Å². The number of likely N-dealkylation sites (N-methyl/N-ethyl adjacent to an activating group) is 1. The molecule has 2 heterocycles. The van der Waals surface area contributed by atoms with Crippen molar-refractivity contribution in [2.45, 2.75) is 33.0 Å².